The summed E-state index contributed by atoms with van der Waals surface area (Å²) in [6.45, 7) is 1.44. The first-order valence-corrected chi connectivity index (χ1v) is 6.68. The van der Waals surface area contributed by atoms with Crippen molar-refractivity contribution in [1.82, 2.24) is 0 Å². The number of Topliss-reactive ketones (excluding diaryl/α,β-unsaturated/α-hetero) is 1. The molecule has 1 heterocycles. The number of hydrogen-bond acceptors (Lipinski definition) is 4. The van der Waals surface area contributed by atoms with E-state index in [1.54, 1.807) is 23.5 Å². The Balaban J connectivity index is 2.82. The van der Waals surface area contributed by atoms with Gasteiger partial charge in [-0.25, -0.2) is 0 Å². The summed E-state index contributed by atoms with van der Waals surface area (Å²) in [5.74, 6) is 0.844. The lowest BCUT2D eigenvalue weighted by molar-refractivity contribution is -0.113. The fraction of sp³-hybridized carbons (Fsp3) is 0.500. The smallest absolute Gasteiger partial charge is 0.171 e. The van der Waals surface area contributed by atoms with E-state index in [2.05, 4.69) is 15.9 Å². The van der Waals surface area contributed by atoms with Crippen LogP contribution in [0.3, 0.4) is 0 Å². The minimum Gasteiger partial charge on any atom is -0.294 e. The predicted molar refractivity (Wildman–Crippen MR) is 61.0 cm³/mol. The SMILES string of the molecule is CC(=O)/C(C#N)=C1/SCC(CBr)S1. The summed E-state index contributed by atoms with van der Waals surface area (Å²) in [4.78, 5) is 11.0. The van der Waals surface area contributed by atoms with Crippen molar-refractivity contribution in [3.63, 3.8) is 0 Å². The normalized spacial score (nSPS) is 25.5. The van der Waals surface area contributed by atoms with Gasteiger partial charge in [-0.1, -0.05) is 15.9 Å². The number of allylic oxidation sites excluding steroid dienone is 1. The second-order valence-corrected chi connectivity index (χ2v) is 5.78. The van der Waals surface area contributed by atoms with Crippen molar-refractivity contribution in [2.24, 2.45) is 0 Å². The van der Waals surface area contributed by atoms with Crippen LogP contribution in [0.25, 0.3) is 0 Å². The van der Waals surface area contributed by atoms with Crippen LogP contribution < -0.4 is 0 Å². The fourth-order valence-corrected chi connectivity index (χ4v) is 4.61. The van der Waals surface area contributed by atoms with E-state index in [0.29, 0.717) is 10.8 Å². The minimum atomic E-state index is -0.132. The summed E-state index contributed by atoms with van der Waals surface area (Å²) in [7, 11) is 0. The average molecular weight is 278 g/mol. The summed E-state index contributed by atoms with van der Waals surface area (Å²) in [6, 6.07) is 1.96. The maximum absolute atomic E-state index is 11.0. The molecule has 0 spiro atoms. The zero-order valence-corrected chi connectivity index (χ0v) is 10.3. The Hall–Kier alpha value is 0.0800. The topological polar surface area (TPSA) is 40.9 Å². The van der Waals surface area contributed by atoms with Crippen LogP contribution >= 0.6 is 39.5 Å². The number of carbonyl (C=O) groups excluding carboxylic acids is 1. The molecule has 2 nitrogen and oxygen atoms in total. The van der Waals surface area contributed by atoms with Gasteiger partial charge in [0.25, 0.3) is 0 Å². The van der Waals surface area contributed by atoms with Crippen LogP contribution in [0, 0.1) is 11.3 Å². The number of hydrogen-bond donors (Lipinski definition) is 0. The number of carbonyl (C=O) groups is 1. The molecule has 1 saturated heterocycles. The number of ketones is 1. The molecular weight excluding hydrogens is 270 g/mol. The quantitative estimate of drug-likeness (QED) is 0.442. The number of alkyl halides is 1. The van der Waals surface area contributed by atoms with Crippen molar-refractivity contribution in [2.45, 2.75) is 12.2 Å². The summed E-state index contributed by atoms with van der Waals surface area (Å²) < 4.78 is 0.888. The van der Waals surface area contributed by atoms with Crippen molar-refractivity contribution < 1.29 is 4.79 Å². The maximum atomic E-state index is 11.0. The van der Waals surface area contributed by atoms with E-state index in [4.69, 9.17) is 5.26 Å². The van der Waals surface area contributed by atoms with Gasteiger partial charge in [-0.05, 0) is 6.92 Å². The standard InChI is InChI=1S/C8H8BrNOS2/c1-5(11)7(3-10)8-12-4-6(2-9)13-8/h6H,2,4H2,1H3/b8-7-. The van der Waals surface area contributed by atoms with Crippen LogP contribution in [0.1, 0.15) is 6.92 Å². The van der Waals surface area contributed by atoms with Gasteiger partial charge >= 0.3 is 0 Å². The van der Waals surface area contributed by atoms with Crippen molar-refractivity contribution in [3.8, 4) is 6.07 Å². The van der Waals surface area contributed by atoms with Crippen molar-refractivity contribution in [2.75, 3.05) is 11.1 Å². The molecule has 0 radical (unpaired) electrons. The average Bonchev–Trinajstić information content (AvgIpc) is 2.53. The Bertz CT molecular complexity index is 295. The number of rotatable bonds is 2. The molecule has 0 bridgehead atoms. The molecule has 0 aromatic rings. The lowest BCUT2D eigenvalue weighted by Gasteiger charge is -1.99. The highest BCUT2D eigenvalue weighted by molar-refractivity contribution is 9.09. The molecule has 1 unspecified atom stereocenters. The van der Waals surface area contributed by atoms with Crippen LogP contribution in [0.4, 0.5) is 0 Å². The van der Waals surface area contributed by atoms with Gasteiger partial charge in [0.15, 0.2) is 5.78 Å². The van der Waals surface area contributed by atoms with Gasteiger partial charge in [0, 0.05) is 16.3 Å². The van der Waals surface area contributed by atoms with Crippen molar-refractivity contribution in [3.05, 3.63) is 9.81 Å². The molecule has 1 rings (SSSR count). The first-order chi connectivity index (χ1) is 6.19. The molecule has 0 aromatic carbocycles. The molecule has 1 aliphatic rings. The highest BCUT2D eigenvalue weighted by atomic mass is 79.9. The Kier molecular flexibility index (Phi) is 4.36. The number of thioether (sulfide) groups is 2. The van der Waals surface area contributed by atoms with Gasteiger partial charge in [0.1, 0.15) is 11.6 Å². The molecule has 0 saturated carbocycles. The van der Waals surface area contributed by atoms with Crippen LogP contribution in [0.2, 0.25) is 0 Å². The molecule has 0 aromatic heterocycles. The van der Waals surface area contributed by atoms with E-state index in [0.717, 1.165) is 15.3 Å². The van der Waals surface area contributed by atoms with Gasteiger partial charge in [0.05, 0.1) is 4.24 Å². The largest absolute Gasteiger partial charge is 0.294 e. The summed E-state index contributed by atoms with van der Waals surface area (Å²) >= 11 is 6.62. The Morgan fingerprint density at radius 1 is 1.85 bits per heavy atom. The van der Waals surface area contributed by atoms with Gasteiger partial charge in [0.2, 0.25) is 0 Å². The Morgan fingerprint density at radius 3 is 2.92 bits per heavy atom. The molecule has 1 fully saturated rings. The molecule has 1 atom stereocenters. The fourth-order valence-electron chi connectivity index (χ4n) is 0.863. The lowest BCUT2D eigenvalue weighted by atomic mass is 10.2. The molecule has 1 aliphatic heterocycles. The van der Waals surface area contributed by atoms with E-state index >= 15 is 0 Å². The number of nitriles is 1. The molecule has 5 heteroatoms. The summed E-state index contributed by atoms with van der Waals surface area (Å²) in [6.07, 6.45) is 0. The maximum Gasteiger partial charge on any atom is 0.171 e. The van der Waals surface area contributed by atoms with Gasteiger partial charge in [-0.3, -0.25) is 4.79 Å². The zero-order valence-electron chi connectivity index (χ0n) is 7.04. The monoisotopic (exact) mass is 277 g/mol. The summed E-state index contributed by atoms with van der Waals surface area (Å²) in [5.41, 5.74) is 0.318. The van der Waals surface area contributed by atoms with Crippen LogP contribution in [0.5, 0.6) is 0 Å². The number of halogens is 1. The van der Waals surface area contributed by atoms with E-state index < -0.39 is 0 Å². The minimum absolute atomic E-state index is 0.132. The van der Waals surface area contributed by atoms with Crippen LogP contribution in [-0.2, 0) is 4.79 Å². The van der Waals surface area contributed by atoms with Crippen molar-refractivity contribution in [1.29, 1.82) is 5.26 Å². The number of nitrogens with zero attached hydrogens (tertiary/aromatic N) is 1. The van der Waals surface area contributed by atoms with Crippen LogP contribution in [0.15, 0.2) is 9.81 Å². The molecule has 0 aliphatic carbocycles. The van der Waals surface area contributed by atoms with E-state index in [1.165, 1.54) is 6.92 Å². The van der Waals surface area contributed by atoms with E-state index in [9.17, 15) is 4.79 Å². The third-order valence-electron chi connectivity index (χ3n) is 1.51. The van der Waals surface area contributed by atoms with E-state index in [1.807, 2.05) is 6.07 Å². The summed E-state index contributed by atoms with van der Waals surface area (Å²) in [5, 5.41) is 10.1. The van der Waals surface area contributed by atoms with Crippen molar-refractivity contribution >= 4 is 45.2 Å². The van der Waals surface area contributed by atoms with Gasteiger partial charge in [-0.15, -0.1) is 23.5 Å². The second kappa shape index (κ2) is 5.08. The highest BCUT2D eigenvalue weighted by Crippen LogP contribution is 2.44. The Labute approximate surface area is 94.3 Å². The highest BCUT2D eigenvalue weighted by Gasteiger charge is 2.24. The molecule has 0 amide bonds. The molecule has 70 valence electrons. The van der Waals surface area contributed by atoms with E-state index in [-0.39, 0.29) is 5.78 Å². The zero-order chi connectivity index (χ0) is 9.84. The molecule has 0 N–H and O–H groups in total. The first-order valence-electron chi connectivity index (χ1n) is 3.69. The molecular formula is C8H8BrNOS2. The van der Waals surface area contributed by atoms with Gasteiger partial charge < -0.3 is 0 Å². The first kappa shape index (κ1) is 11.2. The van der Waals surface area contributed by atoms with Gasteiger partial charge in [-0.2, -0.15) is 5.26 Å². The van der Waals surface area contributed by atoms with Crippen LogP contribution in [-0.4, -0.2) is 22.1 Å². The third kappa shape index (κ3) is 2.76. The Morgan fingerprint density at radius 2 is 2.54 bits per heavy atom. The third-order valence-corrected chi connectivity index (χ3v) is 5.70. The predicted octanol–water partition coefficient (Wildman–Crippen LogP) is 2.55. The molecule has 13 heavy (non-hydrogen) atoms. The second-order valence-electron chi connectivity index (χ2n) is 2.54. The lowest BCUT2D eigenvalue weighted by Crippen LogP contribution is -2.00.